The number of hydrogen-bond acceptors (Lipinski definition) is 4. The van der Waals surface area contributed by atoms with Crippen molar-refractivity contribution in [3.63, 3.8) is 0 Å². The summed E-state index contributed by atoms with van der Waals surface area (Å²) in [5, 5.41) is 14.8. The molecule has 7 nitrogen and oxygen atoms in total. The van der Waals surface area contributed by atoms with Crippen molar-refractivity contribution in [3.05, 3.63) is 41.5 Å². The van der Waals surface area contributed by atoms with Crippen molar-refractivity contribution in [1.29, 1.82) is 0 Å². The number of benzene rings is 1. The molecule has 2 N–H and O–H groups in total. The van der Waals surface area contributed by atoms with Gasteiger partial charge in [0, 0.05) is 19.0 Å². The van der Waals surface area contributed by atoms with Gasteiger partial charge >= 0.3 is 0 Å². The normalized spacial score (nSPS) is 15.9. The van der Waals surface area contributed by atoms with Crippen LogP contribution in [0.5, 0.6) is 5.75 Å². The van der Waals surface area contributed by atoms with Crippen LogP contribution in [0.1, 0.15) is 29.7 Å². The number of nitrogens with zero attached hydrogens (tertiary/aromatic N) is 4. The van der Waals surface area contributed by atoms with E-state index in [1.54, 1.807) is 0 Å². The Morgan fingerprint density at radius 2 is 2.23 bits per heavy atom. The molecule has 8 heteroatoms. The number of guanidine groups is 1. The van der Waals surface area contributed by atoms with Gasteiger partial charge in [0.25, 0.3) is 0 Å². The Hall–Kier alpha value is -2.28. The first-order chi connectivity index (χ1) is 12.2. The van der Waals surface area contributed by atoms with Gasteiger partial charge in [0.15, 0.2) is 11.8 Å². The lowest BCUT2D eigenvalue weighted by Crippen LogP contribution is -2.41. The Labute approximate surface area is 170 Å². The van der Waals surface area contributed by atoms with Crippen molar-refractivity contribution in [2.75, 3.05) is 13.2 Å². The molecule has 26 heavy (non-hydrogen) atoms. The molecular weight excluding hydrogens is 443 g/mol. The maximum Gasteiger partial charge on any atom is 0.192 e. The van der Waals surface area contributed by atoms with Gasteiger partial charge in [0.2, 0.25) is 0 Å². The lowest BCUT2D eigenvalue weighted by atomic mass is 10.0. The first-order valence-corrected chi connectivity index (χ1v) is 8.24. The Kier molecular flexibility index (Phi) is 7.26. The smallest absolute Gasteiger partial charge is 0.192 e. The number of aryl methyl sites for hydroxylation is 1. The fourth-order valence-electron chi connectivity index (χ4n) is 2.68. The zero-order chi connectivity index (χ0) is 17.6. The zero-order valence-corrected chi connectivity index (χ0v) is 17.2. The molecule has 1 aromatic heterocycles. The molecule has 1 aromatic carbocycles. The molecule has 1 aliphatic rings. The van der Waals surface area contributed by atoms with Gasteiger partial charge in [-0.3, -0.25) is 0 Å². The van der Waals surface area contributed by atoms with Gasteiger partial charge in [-0.15, -0.1) is 40.6 Å². The lowest BCUT2D eigenvalue weighted by Gasteiger charge is -2.28. The highest BCUT2D eigenvalue weighted by Crippen LogP contribution is 2.31. The standard InChI is InChI=1S/C18H22N6O.HI/c1-4-10-19-18(20-12-17-23-22-13(2)24(17)3)21-15-9-11-25-16-8-6-5-7-14(15)16;/h1,5-8,15H,9-12H2,2-3H3,(H2,19,20,21);1H. The summed E-state index contributed by atoms with van der Waals surface area (Å²) < 4.78 is 7.63. The molecule has 0 aliphatic carbocycles. The average Bonchev–Trinajstić information content (AvgIpc) is 2.96. The number of halogens is 1. The minimum Gasteiger partial charge on any atom is -0.493 e. The van der Waals surface area contributed by atoms with Crippen LogP contribution in [0.25, 0.3) is 0 Å². The largest absolute Gasteiger partial charge is 0.493 e. The van der Waals surface area contributed by atoms with E-state index in [9.17, 15) is 0 Å². The second-order valence-corrected chi connectivity index (χ2v) is 5.82. The zero-order valence-electron chi connectivity index (χ0n) is 14.9. The summed E-state index contributed by atoms with van der Waals surface area (Å²) in [6.07, 6.45) is 6.24. The summed E-state index contributed by atoms with van der Waals surface area (Å²) in [6.45, 7) is 3.39. The number of nitrogens with one attached hydrogen (secondary N) is 2. The van der Waals surface area contributed by atoms with Crippen LogP contribution >= 0.6 is 24.0 Å². The van der Waals surface area contributed by atoms with Crippen molar-refractivity contribution < 1.29 is 4.74 Å². The van der Waals surface area contributed by atoms with Crippen LogP contribution in [0, 0.1) is 19.3 Å². The molecule has 0 saturated heterocycles. The number of terminal acetylenes is 1. The van der Waals surface area contributed by atoms with Crippen molar-refractivity contribution in [2.24, 2.45) is 12.0 Å². The molecule has 3 rings (SSSR count). The number of para-hydroxylation sites is 1. The van der Waals surface area contributed by atoms with Crippen LogP contribution in [0.2, 0.25) is 0 Å². The second kappa shape index (κ2) is 9.43. The van der Waals surface area contributed by atoms with Crippen molar-refractivity contribution >= 4 is 29.9 Å². The third-order valence-corrected chi connectivity index (χ3v) is 4.19. The summed E-state index contributed by atoms with van der Waals surface area (Å²) >= 11 is 0. The number of ether oxygens (including phenoxy) is 1. The van der Waals surface area contributed by atoms with E-state index in [1.807, 2.05) is 36.7 Å². The highest BCUT2D eigenvalue weighted by molar-refractivity contribution is 14.0. The minimum atomic E-state index is 0. The van der Waals surface area contributed by atoms with E-state index in [0.29, 0.717) is 25.7 Å². The third-order valence-electron chi connectivity index (χ3n) is 4.19. The average molecular weight is 466 g/mol. The first kappa shape index (κ1) is 20.0. The van der Waals surface area contributed by atoms with Gasteiger partial charge in [-0.25, -0.2) is 4.99 Å². The number of aromatic nitrogens is 3. The summed E-state index contributed by atoms with van der Waals surface area (Å²) in [6, 6.07) is 8.16. The van der Waals surface area contributed by atoms with Gasteiger partial charge in [0.05, 0.1) is 19.2 Å². The fourth-order valence-corrected chi connectivity index (χ4v) is 2.68. The van der Waals surface area contributed by atoms with Crippen LogP contribution < -0.4 is 15.4 Å². The molecule has 0 bridgehead atoms. The molecule has 2 aromatic rings. The van der Waals surface area contributed by atoms with E-state index >= 15 is 0 Å². The highest BCUT2D eigenvalue weighted by Gasteiger charge is 2.21. The predicted molar refractivity (Wildman–Crippen MR) is 112 cm³/mol. The summed E-state index contributed by atoms with van der Waals surface area (Å²) in [5.74, 6) is 5.79. The van der Waals surface area contributed by atoms with Crippen LogP contribution in [-0.4, -0.2) is 33.9 Å². The summed E-state index contributed by atoms with van der Waals surface area (Å²) in [4.78, 5) is 4.61. The van der Waals surface area contributed by atoms with Crippen molar-refractivity contribution in [3.8, 4) is 18.1 Å². The number of hydrogen-bond donors (Lipinski definition) is 2. The van der Waals surface area contributed by atoms with Gasteiger partial charge < -0.3 is 19.9 Å². The van der Waals surface area contributed by atoms with Crippen LogP contribution in [-0.2, 0) is 13.6 Å². The molecule has 0 saturated carbocycles. The Morgan fingerprint density at radius 1 is 1.42 bits per heavy atom. The Morgan fingerprint density at radius 3 is 2.96 bits per heavy atom. The maximum atomic E-state index is 5.71. The molecule has 0 radical (unpaired) electrons. The van der Waals surface area contributed by atoms with Gasteiger partial charge in [-0.2, -0.15) is 0 Å². The van der Waals surface area contributed by atoms with E-state index in [1.165, 1.54) is 0 Å². The summed E-state index contributed by atoms with van der Waals surface area (Å²) in [7, 11) is 1.93. The van der Waals surface area contributed by atoms with E-state index in [0.717, 1.165) is 29.4 Å². The van der Waals surface area contributed by atoms with E-state index < -0.39 is 0 Å². The molecular formula is C18H23IN6O. The molecule has 138 valence electrons. The van der Waals surface area contributed by atoms with Crippen LogP contribution in [0.3, 0.4) is 0 Å². The molecule has 2 heterocycles. The van der Waals surface area contributed by atoms with E-state index in [-0.39, 0.29) is 30.0 Å². The summed E-state index contributed by atoms with van der Waals surface area (Å²) in [5.41, 5.74) is 1.12. The van der Waals surface area contributed by atoms with Crippen molar-refractivity contribution in [2.45, 2.75) is 25.9 Å². The monoisotopic (exact) mass is 466 g/mol. The molecule has 1 unspecified atom stereocenters. The topological polar surface area (TPSA) is 76.4 Å². The van der Waals surface area contributed by atoms with Gasteiger partial charge in [-0.1, -0.05) is 24.1 Å². The fraction of sp³-hybridized carbons (Fsp3) is 0.389. The maximum absolute atomic E-state index is 5.71. The third kappa shape index (κ3) is 4.66. The molecule has 0 amide bonds. The molecule has 1 aliphatic heterocycles. The Balaban J connectivity index is 0.00000243. The Bertz CT molecular complexity index is 810. The first-order valence-electron chi connectivity index (χ1n) is 8.24. The molecule has 0 spiro atoms. The lowest BCUT2D eigenvalue weighted by molar-refractivity contribution is 0.261. The van der Waals surface area contributed by atoms with E-state index in [2.05, 4.69) is 37.8 Å². The van der Waals surface area contributed by atoms with Gasteiger partial charge in [-0.05, 0) is 13.0 Å². The minimum absolute atomic E-state index is 0. The highest BCUT2D eigenvalue weighted by atomic mass is 127. The quantitative estimate of drug-likeness (QED) is 0.312. The number of aliphatic imine (C=N–C) groups is 1. The number of fused-ring (bicyclic) bond motifs is 1. The van der Waals surface area contributed by atoms with Gasteiger partial charge in [0.1, 0.15) is 18.1 Å². The second-order valence-electron chi connectivity index (χ2n) is 5.82. The predicted octanol–water partition coefficient (Wildman–Crippen LogP) is 1.93. The SMILES string of the molecule is C#CCNC(=NCc1nnc(C)n1C)NC1CCOc2ccccc21.I. The van der Waals surface area contributed by atoms with Crippen LogP contribution in [0.4, 0.5) is 0 Å². The van der Waals surface area contributed by atoms with E-state index in [4.69, 9.17) is 11.2 Å². The number of rotatable bonds is 4. The molecule has 1 atom stereocenters. The van der Waals surface area contributed by atoms with Crippen LogP contribution in [0.15, 0.2) is 29.3 Å². The molecule has 0 fully saturated rings. The van der Waals surface area contributed by atoms with Crippen molar-refractivity contribution in [1.82, 2.24) is 25.4 Å².